The van der Waals surface area contributed by atoms with Gasteiger partial charge in [0.15, 0.2) is 11.6 Å². The van der Waals surface area contributed by atoms with Crippen molar-refractivity contribution in [3.05, 3.63) is 34.4 Å². The minimum absolute atomic E-state index is 0.000810. The Hall–Kier alpha value is -1.44. The first kappa shape index (κ1) is 15.9. The van der Waals surface area contributed by atoms with E-state index in [1.54, 1.807) is 13.8 Å². The van der Waals surface area contributed by atoms with Crippen molar-refractivity contribution >= 4 is 11.6 Å². The largest absolute Gasteiger partial charge is 0.294 e. The Bertz CT molecular complexity index is 610. The van der Waals surface area contributed by atoms with Crippen LogP contribution in [-0.2, 0) is 5.41 Å². The van der Waals surface area contributed by atoms with Crippen LogP contribution in [0, 0.1) is 12.3 Å². The summed E-state index contributed by atoms with van der Waals surface area (Å²) in [4.78, 5) is 24.3. The van der Waals surface area contributed by atoms with E-state index in [9.17, 15) is 9.59 Å². The third-order valence-corrected chi connectivity index (χ3v) is 5.58. The van der Waals surface area contributed by atoms with Crippen LogP contribution in [-0.4, -0.2) is 11.6 Å². The van der Waals surface area contributed by atoms with Crippen LogP contribution >= 0.6 is 0 Å². The van der Waals surface area contributed by atoms with Crippen LogP contribution < -0.4 is 0 Å². The molecule has 0 aliphatic heterocycles. The van der Waals surface area contributed by atoms with Crippen LogP contribution in [0.1, 0.15) is 85.7 Å². The van der Waals surface area contributed by atoms with E-state index in [0.29, 0.717) is 11.1 Å². The van der Waals surface area contributed by atoms with E-state index in [0.717, 1.165) is 24.0 Å². The summed E-state index contributed by atoms with van der Waals surface area (Å²) >= 11 is 0. The predicted molar refractivity (Wildman–Crippen MR) is 86.2 cm³/mol. The highest BCUT2D eigenvalue weighted by Gasteiger charge is 2.47. The zero-order valence-electron chi connectivity index (χ0n) is 14.1. The molecule has 1 fully saturated rings. The lowest BCUT2D eigenvalue weighted by Crippen LogP contribution is -2.36. The highest BCUT2D eigenvalue weighted by atomic mass is 16.1. The van der Waals surface area contributed by atoms with Gasteiger partial charge in [0, 0.05) is 11.1 Å². The van der Waals surface area contributed by atoms with Crippen molar-refractivity contribution in [3.8, 4) is 0 Å². The number of rotatable bonds is 3. The van der Waals surface area contributed by atoms with Gasteiger partial charge >= 0.3 is 0 Å². The molecule has 0 aromatic heterocycles. The van der Waals surface area contributed by atoms with Crippen molar-refractivity contribution in [1.29, 1.82) is 0 Å². The fourth-order valence-electron chi connectivity index (χ4n) is 3.88. The van der Waals surface area contributed by atoms with Gasteiger partial charge in [-0.1, -0.05) is 38.8 Å². The zero-order valence-corrected chi connectivity index (χ0v) is 14.1. The van der Waals surface area contributed by atoms with Crippen LogP contribution in [0.3, 0.4) is 0 Å². The summed E-state index contributed by atoms with van der Waals surface area (Å²) in [5.41, 5.74) is 3.45. The van der Waals surface area contributed by atoms with Crippen LogP contribution in [0.2, 0.25) is 0 Å². The second kappa shape index (κ2) is 5.08. The second-order valence-corrected chi connectivity index (χ2v) is 7.42. The minimum Gasteiger partial charge on any atom is -0.294 e. The van der Waals surface area contributed by atoms with E-state index in [4.69, 9.17) is 0 Å². The van der Waals surface area contributed by atoms with Gasteiger partial charge in [-0.15, -0.1) is 0 Å². The van der Waals surface area contributed by atoms with Crippen LogP contribution in [0.15, 0.2) is 12.1 Å². The van der Waals surface area contributed by atoms with Crippen LogP contribution in [0.4, 0.5) is 0 Å². The fraction of sp³-hybridized carbons (Fsp3) is 0.579. The van der Waals surface area contributed by atoms with E-state index in [2.05, 4.69) is 26.8 Å². The Kier molecular flexibility index (Phi) is 3.86. The molecule has 0 spiro atoms. The topological polar surface area (TPSA) is 34.1 Å². The van der Waals surface area contributed by atoms with Gasteiger partial charge in [-0.05, 0) is 56.1 Å². The molecule has 0 saturated heterocycles. The highest BCUT2D eigenvalue weighted by molar-refractivity contribution is 6.08. The monoisotopic (exact) mass is 286 g/mol. The number of hydrogen-bond donors (Lipinski definition) is 0. The summed E-state index contributed by atoms with van der Waals surface area (Å²) in [7, 11) is 0. The van der Waals surface area contributed by atoms with Gasteiger partial charge in [0.25, 0.3) is 0 Å². The zero-order chi connectivity index (χ0) is 16.0. The standard InChI is InChI=1S/C19H26O2/c1-12-10-15(13(2)20)17(14(3)21)16(11-12)19(6)9-7-8-18(19,4)5/h10-11H,7-9H2,1-6H3/t19-/m0/s1. The molecular formula is C19H26O2. The maximum atomic E-state index is 12.3. The number of carbonyl (C=O) groups is 2. The molecule has 0 unspecified atom stereocenters. The Morgan fingerprint density at radius 1 is 1.00 bits per heavy atom. The number of ketones is 2. The maximum Gasteiger partial charge on any atom is 0.160 e. The quantitative estimate of drug-likeness (QED) is 0.743. The fourth-order valence-corrected chi connectivity index (χ4v) is 3.88. The first-order valence-corrected chi connectivity index (χ1v) is 7.77. The molecular weight excluding hydrogens is 260 g/mol. The highest BCUT2D eigenvalue weighted by Crippen LogP contribution is 2.54. The summed E-state index contributed by atoms with van der Waals surface area (Å²) in [6.45, 7) is 11.9. The number of hydrogen-bond acceptors (Lipinski definition) is 2. The molecule has 0 heterocycles. The lowest BCUT2D eigenvalue weighted by Gasteiger charge is -2.40. The molecule has 0 N–H and O–H groups in total. The first-order chi connectivity index (χ1) is 9.60. The van der Waals surface area contributed by atoms with E-state index < -0.39 is 0 Å². The third-order valence-electron chi connectivity index (χ3n) is 5.58. The lowest BCUT2D eigenvalue weighted by molar-refractivity contribution is 0.0976. The molecule has 2 heteroatoms. The van der Waals surface area contributed by atoms with E-state index in [-0.39, 0.29) is 22.4 Å². The maximum absolute atomic E-state index is 12.3. The van der Waals surface area contributed by atoms with Gasteiger partial charge in [-0.2, -0.15) is 0 Å². The number of Topliss-reactive ketones (excluding diaryl/α,β-unsaturated/α-hetero) is 2. The van der Waals surface area contributed by atoms with Gasteiger partial charge in [0.2, 0.25) is 0 Å². The van der Waals surface area contributed by atoms with Gasteiger partial charge in [-0.3, -0.25) is 9.59 Å². The van der Waals surface area contributed by atoms with Gasteiger partial charge < -0.3 is 0 Å². The number of benzene rings is 1. The Morgan fingerprint density at radius 2 is 1.62 bits per heavy atom. The molecule has 1 saturated carbocycles. The van der Waals surface area contributed by atoms with Crippen molar-refractivity contribution in [3.63, 3.8) is 0 Å². The molecule has 21 heavy (non-hydrogen) atoms. The SMILES string of the molecule is CC(=O)c1cc(C)cc([C@]2(C)CCCC2(C)C)c1C(C)=O. The van der Waals surface area contributed by atoms with Crippen LogP contribution in [0.25, 0.3) is 0 Å². The minimum atomic E-state index is -0.0514. The first-order valence-electron chi connectivity index (χ1n) is 7.77. The van der Waals surface area contributed by atoms with Gasteiger partial charge in [-0.25, -0.2) is 0 Å². The summed E-state index contributed by atoms with van der Waals surface area (Å²) in [6.07, 6.45) is 3.40. The molecule has 1 aromatic rings. The normalized spacial score (nSPS) is 24.1. The third kappa shape index (κ3) is 2.45. The molecule has 0 bridgehead atoms. The van der Waals surface area contributed by atoms with E-state index in [1.165, 1.54) is 6.42 Å². The number of carbonyl (C=O) groups excluding carboxylic acids is 2. The Morgan fingerprint density at radius 3 is 2.05 bits per heavy atom. The smallest absolute Gasteiger partial charge is 0.160 e. The summed E-state index contributed by atoms with van der Waals surface area (Å²) in [5.74, 6) is -0.0244. The van der Waals surface area contributed by atoms with Crippen molar-refractivity contribution in [2.75, 3.05) is 0 Å². The average Bonchev–Trinajstić information content (AvgIpc) is 2.63. The Balaban J connectivity index is 2.80. The summed E-state index contributed by atoms with van der Waals surface area (Å²) in [6, 6.07) is 3.98. The van der Waals surface area contributed by atoms with Crippen molar-refractivity contribution in [2.24, 2.45) is 5.41 Å². The van der Waals surface area contributed by atoms with Crippen molar-refractivity contribution < 1.29 is 9.59 Å². The average molecular weight is 286 g/mol. The molecule has 2 rings (SSSR count). The van der Waals surface area contributed by atoms with E-state index >= 15 is 0 Å². The number of aryl methyl sites for hydroxylation is 1. The molecule has 1 atom stereocenters. The molecule has 1 aromatic carbocycles. The second-order valence-electron chi connectivity index (χ2n) is 7.42. The van der Waals surface area contributed by atoms with Gasteiger partial charge in [0.1, 0.15) is 0 Å². The van der Waals surface area contributed by atoms with Crippen molar-refractivity contribution in [2.45, 2.75) is 66.2 Å². The lowest BCUT2D eigenvalue weighted by atomic mass is 9.63. The van der Waals surface area contributed by atoms with Crippen molar-refractivity contribution in [1.82, 2.24) is 0 Å². The van der Waals surface area contributed by atoms with Crippen LogP contribution in [0.5, 0.6) is 0 Å². The summed E-state index contributed by atoms with van der Waals surface area (Å²) < 4.78 is 0. The van der Waals surface area contributed by atoms with Gasteiger partial charge in [0.05, 0.1) is 0 Å². The molecule has 1 aliphatic rings. The molecule has 0 amide bonds. The molecule has 1 aliphatic carbocycles. The Labute approximate surface area is 127 Å². The molecule has 0 radical (unpaired) electrons. The molecule has 2 nitrogen and oxygen atoms in total. The summed E-state index contributed by atoms with van der Waals surface area (Å²) in [5, 5.41) is 0. The predicted octanol–water partition coefficient (Wildman–Crippen LogP) is 4.87. The molecule has 114 valence electrons. The van der Waals surface area contributed by atoms with E-state index in [1.807, 2.05) is 13.0 Å².